The Morgan fingerprint density at radius 3 is 2.14 bits per heavy atom. The summed E-state index contributed by atoms with van der Waals surface area (Å²) in [6.45, 7) is 2.33. The number of amides is 1. The lowest BCUT2D eigenvalue weighted by Gasteiger charge is -2.42. The molecule has 7 nitrogen and oxygen atoms in total. The molecule has 0 spiro atoms. The Morgan fingerprint density at radius 2 is 1.68 bits per heavy atom. The lowest BCUT2D eigenvalue weighted by molar-refractivity contribution is -0.390. The van der Waals surface area contributed by atoms with Crippen molar-refractivity contribution < 1.29 is 9.72 Å². The average molecular weight is 455 g/mol. The monoisotopic (exact) mass is 454 g/mol. The van der Waals surface area contributed by atoms with Gasteiger partial charge in [-0.2, -0.15) is 4.68 Å². The van der Waals surface area contributed by atoms with Gasteiger partial charge in [0.1, 0.15) is 4.47 Å². The largest absolute Gasteiger partial charge is 0.404 e. The summed E-state index contributed by atoms with van der Waals surface area (Å²) in [6.07, 6.45) is 13.2. The first kappa shape index (κ1) is 21.3. The molecule has 1 aromatic heterocycles. The third-order valence-corrected chi connectivity index (χ3v) is 7.20. The van der Waals surface area contributed by atoms with E-state index in [2.05, 4.69) is 25.9 Å². The fourth-order valence-electron chi connectivity index (χ4n) is 4.78. The van der Waals surface area contributed by atoms with E-state index in [1.54, 1.807) is 4.68 Å². The van der Waals surface area contributed by atoms with Gasteiger partial charge in [0.25, 0.3) is 0 Å². The zero-order valence-corrected chi connectivity index (χ0v) is 18.3. The van der Waals surface area contributed by atoms with Crippen LogP contribution in [0.3, 0.4) is 0 Å². The van der Waals surface area contributed by atoms with E-state index in [0.717, 1.165) is 31.4 Å². The second kappa shape index (κ2) is 9.85. The van der Waals surface area contributed by atoms with Gasteiger partial charge < -0.3 is 15.0 Å². The SMILES string of the molecule is Cc1c(Br)c([N+](=O)[O-])nn1CCCC(=O)N(C1CCCCC1)C1CCCCC1. The predicted octanol–water partition coefficient (Wildman–Crippen LogP) is 5.14. The molecule has 156 valence electrons. The molecule has 1 aromatic rings. The van der Waals surface area contributed by atoms with Gasteiger partial charge in [-0.3, -0.25) is 4.79 Å². The number of rotatable bonds is 7. The Kier molecular flexibility index (Phi) is 7.48. The molecule has 1 amide bonds. The van der Waals surface area contributed by atoms with Gasteiger partial charge in [-0.25, -0.2) is 0 Å². The van der Waals surface area contributed by atoms with E-state index in [-0.39, 0.29) is 11.7 Å². The van der Waals surface area contributed by atoms with Crippen LogP contribution in [0, 0.1) is 17.0 Å². The smallest absolute Gasteiger partial charge is 0.358 e. The number of nitrogens with zero attached hydrogens (tertiary/aromatic N) is 4. The first-order chi connectivity index (χ1) is 13.5. The minimum absolute atomic E-state index is 0.158. The van der Waals surface area contributed by atoms with Crippen molar-refractivity contribution in [2.24, 2.45) is 0 Å². The summed E-state index contributed by atoms with van der Waals surface area (Å²) in [5, 5.41) is 15.1. The van der Waals surface area contributed by atoms with Crippen molar-refractivity contribution in [2.45, 2.75) is 103 Å². The number of hydrogen-bond donors (Lipinski definition) is 0. The van der Waals surface area contributed by atoms with Crippen LogP contribution in [0.4, 0.5) is 5.82 Å². The maximum atomic E-state index is 13.2. The van der Waals surface area contributed by atoms with Crippen LogP contribution in [0.1, 0.15) is 82.7 Å². The third kappa shape index (κ3) is 4.93. The molecule has 0 saturated heterocycles. The van der Waals surface area contributed by atoms with Crippen LogP contribution in [0.25, 0.3) is 0 Å². The van der Waals surface area contributed by atoms with Crippen molar-refractivity contribution in [1.82, 2.24) is 14.7 Å². The Labute approximate surface area is 175 Å². The van der Waals surface area contributed by atoms with Gasteiger partial charge in [-0.05, 0) is 59.9 Å². The lowest BCUT2D eigenvalue weighted by atomic mass is 9.88. The zero-order chi connectivity index (χ0) is 20.1. The summed E-state index contributed by atoms with van der Waals surface area (Å²) < 4.78 is 2.07. The van der Waals surface area contributed by atoms with Crippen LogP contribution in [-0.2, 0) is 11.3 Å². The molecule has 1 heterocycles. The molecule has 28 heavy (non-hydrogen) atoms. The molecule has 2 aliphatic rings. The Balaban J connectivity index is 1.62. The molecule has 0 bridgehead atoms. The molecule has 2 aliphatic carbocycles. The number of aryl methyl sites for hydroxylation is 1. The predicted molar refractivity (Wildman–Crippen MR) is 111 cm³/mol. The molecule has 0 N–H and O–H groups in total. The molecule has 0 aromatic carbocycles. The van der Waals surface area contributed by atoms with Crippen molar-refractivity contribution in [3.8, 4) is 0 Å². The van der Waals surface area contributed by atoms with Gasteiger partial charge in [0, 0.05) is 18.5 Å². The first-order valence-electron chi connectivity index (χ1n) is 10.7. The molecular weight excluding hydrogens is 424 g/mol. The minimum atomic E-state index is -0.480. The number of aromatic nitrogens is 2. The molecule has 2 saturated carbocycles. The van der Waals surface area contributed by atoms with Crippen molar-refractivity contribution >= 4 is 27.7 Å². The number of nitro groups is 1. The summed E-state index contributed by atoms with van der Waals surface area (Å²) >= 11 is 3.25. The van der Waals surface area contributed by atoms with Crippen molar-refractivity contribution in [2.75, 3.05) is 0 Å². The van der Waals surface area contributed by atoms with Crippen molar-refractivity contribution in [1.29, 1.82) is 0 Å². The zero-order valence-electron chi connectivity index (χ0n) is 16.7. The standard InChI is InChI=1S/C20H31BrN4O3/c1-15-19(21)20(25(27)28)22-23(15)14-8-13-18(26)24(16-9-4-2-5-10-16)17-11-6-3-7-12-17/h16-17H,2-14H2,1H3. The van der Waals surface area contributed by atoms with Crippen molar-refractivity contribution in [3.63, 3.8) is 0 Å². The maximum absolute atomic E-state index is 13.2. The van der Waals surface area contributed by atoms with Gasteiger partial charge >= 0.3 is 5.82 Å². The molecule has 2 fully saturated rings. The molecule has 0 atom stereocenters. The fourth-order valence-corrected chi connectivity index (χ4v) is 5.20. The second-order valence-electron chi connectivity index (χ2n) is 8.19. The number of carbonyl (C=O) groups excluding carboxylic acids is 1. The molecule has 0 radical (unpaired) electrons. The Morgan fingerprint density at radius 1 is 1.14 bits per heavy atom. The Hall–Kier alpha value is -1.44. The highest BCUT2D eigenvalue weighted by Gasteiger charge is 2.32. The molecule has 3 rings (SSSR count). The van der Waals surface area contributed by atoms with Gasteiger partial charge in [-0.1, -0.05) is 38.5 Å². The topological polar surface area (TPSA) is 81.3 Å². The van der Waals surface area contributed by atoms with Crippen molar-refractivity contribution in [3.05, 3.63) is 20.3 Å². The summed E-state index contributed by atoms with van der Waals surface area (Å²) in [5.74, 6) is 0.104. The maximum Gasteiger partial charge on any atom is 0.404 e. The lowest BCUT2D eigenvalue weighted by Crippen LogP contribution is -2.48. The summed E-state index contributed by atoms with van der Waals surface area (Å²) in [6, 6.07) is 0.817. The Bertz CT molecular complexity index is 676. The summed E-state index contributed by atoms with van der Waals surface area (Å²) in [4.78, 5) is 26.0. The van der Waals surface area contributed by atoms with E-state index < -0.39 is 4.92 Å². The molecule has 8 heteroatoms. The average Bonchev–Trinajstić information content (AvgIpc) is 2.99. The van der Waals surface area contributed by atoms with Gasteiger partial charge in [-0.15, -0.1) is 0 Å². The third-order valence-electron chi connectivity index (χ3n) is 6.27. The van der Waals surface area contributed by atoms with Crippen LogP contribution >= 0.6 is 15.9 Å². The highest BCUT2D eigenvalue weighted by Crippen LogP contribution is 2.31. The highest BCUT2D eigenvalue weighted by atomic mass is 79.9. The van der Waals surface area contributed by atoms with Crippen LogP contribution in [0.5, 0.6) is 0 Å². The summed E-state index contributed by atoms with van der Waals surface area (Å²) in [7, 11) is 0. The highest BCUT2D eigenvalue weighted by molar-refractivity contribution is 9.10. The van der Waals surface area contributed by atoms with E-state index in [0.29, 0.717) is 35.9 Å². The van der Waals surface area contributed by atoms with E-state index in [1.807, 2.05) is 6.92 Å². The van der Waals surface area contributed by atoms with Crippen LogP contribution in [0.2, 0.25) is 0 Å². The number of hydrogen-bond acceptors (Lipinski definition) is 4. The quantitative estimate of drug-likeness (QED) is 0.421. The van der Waals surface area contributed by atoms with Gasteiger partial charge in [0.05, 0.1) is 17.3 Å². The van der Waals surface area contributed by atoms with Crippen LogP contribution < -0.4 is 0 Å². The molecule has 0 unspecified atom stereocenters. The van der Waals surface area contributed by atoms with Gasteiger partial charge in [0.15, 0.2) is 0 Å². The molecule has 0 aliphatic heterocycles. The number of halogens is 1. The minimum Gasteiger partial charge on any atom is -0.358 e. The number of carbonyl (C=O) groups is 1. The second-order valence-corrected chi connectivity index (χ2v) is 8.98. The van der Waals surface area contributed by atoms with E-state index in [9.17, 15) is 14.9 Å². The molecular formula is C20H31BrN4O3. The van der Waals surface area contributed by atoms with E-state index >= 15 is 0 Å². The van der Waals surface area contributed by atoms with Crippen LogP contribution in [-0.4, -0.2) is 37.6 Å². The van der Waals surface area contributed by atoms with E-state index in [1.165, 1.54) is 38.5 Å². The summed E-state index contributed by atoms with van der Waals surface area (Å²) in [5.41, 5.74) is 0.732. The van der Waals surface area contributed by atoms with Crippen LogP contribution in [0.15, 0.2) is 4.47 Å². The first-order valence-corrected chi connectivity index (χ1v) is 11.5. The van der Waals surface area contributed by atoms with E-state index in [4.69, 9.17) is 0 Å². The van der Waals surface area contributed by atoms with Gasteiger partial charge in [0.2, 0.25) is 5.91 Å². The normalized spacial score (nSPS) is 18.9. The fraction of sp³-hybridized carbons (Fsp3) is 0.800.